The van der Waals surface area contributed by atoms with Crippen molar-refractivity contribution in [3.63, 3.8) is 0 Å². The Morgan fingerprint density at radius 2 is 1.59 bits per heavy atom. The van der Waals surface area contributed by atoms with Crippen LogP contribution in [-0.2, 0) is 14.4 Å². The summed E-state index contributed by atoms with van der Waals surface area (Å²) in [4.78, 5) is 46.2. The smallest absolute Gasteiger partial charge is 0.335 e. The Morgan fingerprint density at radius 1 is 0.931 bits per heavy atom. The quantitative estimate of drug-likeness (QED) is 0.385. The van der Waals surface area contributed by atoms with Gasteiger partial charge in [-0.1, -0.05) is 12.1 Å². The van der Waals surface area contributed by atoms with Gasteiger partial charge in [0.25, 0.3) is 0 Å². The average Bonchev–Trinajstić information content (AvgIpc) is 2.66. The molecule has 0 aliphatic heterocycles. The van der Waals surface area contributed by atoms with E-state index in [1.54, 1.807) is 43.3 Å². The van der Waals surface area contributed by atoms with Crippen LogP contribution in [0.5, 0.6) is 0 Å². The van der Waals surface area contributed by atoms with E-state index in [4.69, 9.17) is 10.2 Å². The molecule has 0 saturated heterocycles. The van der Waals surface area contributed by atoms with E-state index in [-0.39, 0.29) is 11.5 Å². The zero-order valence-electron chi connectivity index (χ0n) is 15.3. The normalized spacial score (nSPS) is 11.6. The van der Waals surface area contributed by atoms with E-state index in [0.29, 0.717) is 16.3 Å². The molecule has 0 bridgehead atoms. The molecular formula is C20H18N2O6S. The minimum atomic E-state index is -1.22. The molecule has 2 aromatic carbocycles. The number of thioether (sulfide) groups is 1. The van der Waals surface area contributed by atoms with Crippen LogP contribution >= 0.6 is 11.8 Å². The molecule has 0 radical (unpaired) electrons. The fourth-order valence-corrected chi connectivity index (χ4v) is 3.14. The van der Waals surface area contributed by atoms with Gasteiger partial charge in [-0.25, -0.2) is 9.59 Å². The molecule has 150 valence electrons. The monoisotopic (exact) mass is 414 g/mol. The second kappa shape index (κ2) is 10.1. The zero-order valence-corrected chi connectivity index (χ0v) is 16.1. The molecule has 2 aromatic rings. The maximum absolute atomic E-state index is 12.4. The largest absolute Gasteiger partial charge is 0.478 e. The Hall–Kier alpha value is -3.59. The lowest BCUT2D eigenvalue weighted by atomic mass is 10.2. The first kappa shape index (κ1) is 21.7. The highest BCUT2D eigenvalue weighted by molar-refractivity contribution is 8.00. The van der Waals surface area contributed by atoms with E-state index in [2.05, 4.69) is 10.6 Å². The third kappa shape index (κ3) is 7.15. The molecular weight excluding hydrogens is 396 g/mol. The van der Waals surface area contributed by atoms with Crippen molar-refractivity contribution in [2.24, 2.45) is 0 Å². The molecule has 9 heteroatoms. The van der Waals surface area contributed by atoms with Gasteiger partial charge < -0.3 is 20.8 Å². The highest BCUT2D eigenvalue weighted by Crippen LogP contribution is 2.26. The Bertz CT molecular complexity index is 973. The number of benzene rings is 2. The summed E-state index contributed by atoms with van der Waals surface area (Å²) in [6.45, 7) is 1.70. The maximum atomic E-state index is 12.4. The molecule has 0 spiro atoms. The second-order valence-electron chi connectivity index (χ2n) is 5.82. The molecule has 0 aliphatic rings. The van der Waals surface area contributed by atoms with Crippen LogP contribution in [0.25, 0.3) is 0 Å². The van der Waals surface area contributed by atoms with Crippen LogP contribution < -0.4 is 10.6 Å². The van der Waals surface area contributed by atoms with Crippen LogP contribution in [-0.4, -0.2) is 39.2 Å². The SMILES string of the molecule is CC(Sc1cccc(NC(=O)/C=C/C(=O)O)c1)C(=O)Nc1cccc(C(=O)O)c1. The van der Waals surface area contributed by atoms with Gasteiger partial charge in [-0.05, 0) is 43.3 Å². The lowest BCUT2D eigenvalue weighted by Gasteiger charge is -2.13. The van der Waals surface area contributed by atoms with Crippen LogP contribution in [0.1, 0.15) is 17.3 Å². The topological polar surface area (TPSA) is 133 Å². The van der Waals surface area contributed by atoms with Crippen molar-refractivity contribution in [1.82, 2.24) is 0 Å². The van der Waals surface area contributed by atoms with Crippen molar-refractivity contribution >= 4 is 46.9 Å². The van der Waals surface area contributed by atoms with Crippen molar-refractivity contribution in [2.45, 2.75) is 17.1 Å². The number of aromatic carboxylic acids is 1. The second-order valence-corrected chi connectivity index (χ2v) is 7.24. The van der Waals surface area contributed by atoms with Crippen LogP contribution in [0.2, 0.25) is 0 Å². The number of amides is 2. The number of rotatable bonds is 8. The Labute approximate surface area is 170 Å². The molecule has 4 N–H and O–H groups in total. The third-order valence-electron chi connectivity index (χ3n) is 3.54. The minimum Gasteiger partial charge on any atom is -0.478 e. The number of anilines is 2. The average molecular weight is 414 g/mol. The lowest BCUT2D eigenvalue weighted by Crippen LogP contribution is -2.22. The van der Waals surface area contributed by atoms with Gasteiger partial charge in [0.05, 0.1) is 10.8 Å². The van der Waals surface area contributed by atoms with Crippen molar-refractivity contribution in [3.8, 4) is 0 Å². The molecule has 0 heterocycles. The maximum Gasteiger partial charge on any atom is 0.335 e. The molecule has 2 amide bonds. The predicted octanol–water partition coefficient (Wildman–Crippen LogP) is 3.08. The van der Waals surface area contributed by atoms with Gasteiger partial charge in [-0.15, -0.1) is 11.8 Å². The van der Waals surface area contributed by atoms with E-state index in [9.17, 15) is 19.2 Å². The van der Waals surface area contributed by atoms with E-state index in [1.165, 1.54) is 23.9 Å². The van der Waals surface area contributed by atoms with Gasteiger partial charge >= 0.3 is 11.9 Å². The first-order valence-corrected chi connectivity index (χ1v) is 9.25. The van der Waals surface area contributed by atoms with E-state index in [1.807, 2.05) is 0 Å². The van der Waals surface area contributed by atoms with E-state index < -0.39 is 23.1 Å². The fraction of sp³-hybridized carbons (Fsp3) is 0.100. The van der Waals surface area contributed by atoms with Gasteiger partial charge in [0, 0.05) is 28.4 Å². The van der Waals surface area contributed by atoms with Crippen molar-refractivity contribution < 1.29 is 29.4 Å². The number of nitrogens with one attached hydrogen (secondary N) is 2. The van der Waals surface area contributed by atoms with Crippen LogP contribution in [0.15, 0.2) is 65.6 Å². The highest BCUT2D eigenvalue weighted by Gasteiger charge is 2.15. The third-order valence-corrected chi connectivity index (χ3v) is 4.63. The summed E-state index contributed by atoms with van der Waals surface area (Å²) in [5.41, 5.74) is 0.911. The summed E-state index contributed by atoms with van der Waals surface area (Å²) in [7, 11) is 0. The number of hydrogen-bond acceptors (Lipinski definition) is 5. The minimum absolute atomic E-state index is 0.0727. The summed E-state index contributed by atoms with van der Waals surface area (Å²) >= 11 is 1.25. The zero-order chi connectivity index (χ0) is 21.4. The van der Waals surface area contributed by atoms with Crippen LogP contribution in [0.3, 0.4) is 0 Å². The van der Waals surface area contributed by atoms with Gasteiger partial charge in [0.15, 0.2) is 0 Å². The van der Waals surface area contributed by atoms with Gasteiger partial charge in [0.2, 0.25) is 11.8 Å². The number of carboxylic acids is 2. The first-order chi connectivity index (χ1) is 13.7. The van der Waals surface area contributed by atoms with Crippen LogP contribution in [0.4, 0.5) is 11.4 Å². The van der Waals surface area contributed by atoms with Gasteiger partial charge in [0.1, 0.15) is 0 Å². The Kier molecular flexibility index (Phi) is 7.55. The molecule has 1 unspecified atom stereocenters. The van der Waals surface area contributed by atoms with Crippen molar-refractivity contribution in [3.05, 3.63) is 66.2 Å². The Balaban J connectivity index is 1.99. The van der Waals surface area contributed by atoms with Gasteiger partial charge in [-0.3, -0.25) is 9.59 Å². The summed E-state index contributed by atoms with van der Waals surface area (Å²) in [5.74, 6) is -3.20. The molecule has 8 nitrogen and oxygen atoms in total. The molecule has 0 saturated carbocycles. The van der Waals surface area contributed by atoms with E-state index in [0.717, 1.165) is 12.2 Å². The number of carbonyl (C=O) groups excluding carboxylic acids is 2. The van der Waals surface area contributed by atoms with E-state index >= 15 is 0 Å². The summed E-state index contributed by atoms with van der Waals surface area (Å²) in [6, 6.07) is 12.7. The first-order valence-electron chi connectivity index (χ1n) is 8.37. The van der Waals surface area contributed by atoms with Gasteiger partial charge in [-0.2, -0.15) is 0 Å². The number of carboxylic acid groups (broad SMARTS) is 2. The van der Waals surface area contributed by atoms with Crippen molar-refractivity contribution in [1.29, 1.82) is 0 Å². The summed E-state index contributed by atoms with van der Waals surface area (Å²) in [5, 5.41) is 22.3. The number of aliphatic carboxylic acids is 1. The molecule has 0 fully saturated rings. The summed E-state index contributed by atoms with van der Waals surface area (Å²) in [6.07, 6.45) is 1.64. The molecule has 0 aliphatic carbocycles. The fourth-order valence-electron chi connectivity index (χ4n) is 2.21. The predicted molar refractivity (Wildman–Crippen MR) is 109 cm³/mol. The summed E-state index contributed by atoms with van der Waals surface area (Å²) < 4.78 is 0. The van der Waals surface area contributed by atoms with Crippen molar-refractivity contribution in [2.75, 3.05) is 10.6 Å². The standard InChI is InChI=1S/C20H18N2O6S/c1-12(19(26)22-14-5-2-4-13(10-14)20(27)28)29-16-7-3-6-15(11-16)21-17(23)8-9-18(24)25/h2-12H,1H3,(H,21,23)(H,22,26)(H,24,25)(H,27,28)/b9-8+. The molecule has 2 rings (SSSR count). The number of carbonyl (C=O) groups is 4. The molecule has 1 atom stereocenters. The number of hydrogen-bond donors (Lipinski definition) is 4. The lowest BCUT2D eigenvalue weighted by molar-refractivity contribution is -0.131. The highest BCUT2D eigenvalue weighted by atomic mass is 32.2. The van der Waals surface area contributed by atoms with Crippen LogP contribution in [0, 0.1) is 0 Å². The Morgan fingerprint density at radius 3 is 2.24 bits per heavy atom. The molecule has 0 aromatic heterocycles. The molecule has 29 heavy (non-hydrogen) atoms.